The van der Waals surface area contributed by atoms with Crippen LogP contribution in [0.15, 0.2) is 35.3 Å². The first-order valence-electron chi connectivity index (χ1n) is 7.55. The van der Waals surface area contributed by atoms with E-state index in [0.29, 0.717) is 29.0 Å². The zero-order valence-corrected chi connectivity index (χ0v) is 14.1. The summed E-state index contributed by atoms with van der Waals surface area (Å²) in [5.41, 5.74) is 3.17. The third kappa shape index (κ3) is 2.33. The summed E-state index contributed by atoms with van der Waals surface area (Å²) in [5, 5.41) is 1.63. The summed E-state index contributed by atoms with van der Waals surface area (Å²) in [5.74, 6) is 0.660. The highest BCUT2D eigenvalue weighted by Gasteiger charge is 2.12. The normalized spacial score (nSPS) is 11.4. The number of para-hydroxylation sites is 1. The van der Waals surface area contributed by atoms with Gasteiger partial charge >= 0.3 is 0 Å². The fraction of sp³-hybridized carbons (Fsp3) is 0.176. The number of nitrogens with one attached hydrogen (secondary N) is 2. The zero-order chi connectivity index (χ0) is 16.8. The molecule has 24 heavy (non-hydrogen) atoms. The SMILES string of the molecule is Cc1nc(Cc2cn(C)c3ccccc23)nc2[nH]c(=S)[nH]c(=O)c12. The summed E-state index contributed by atoms with van der Waals surface area (Å²) in [7, 11) is 2.02. The molecule has 0 aliphatic rings. The molecule has 4 aromatic rings. The molecule has 0 aliphatic heterocycles. The van der Waals surface area contributed by atoms with Gasteiger partial charge in [-0.2, -0.15) is 0 Å². The van der Waals surface area contributed by atoms with Gasteiger partial charge in [-0.15, -0.1) is 0 Å². The van der Waals surface area contributed by atoms with Gasteiger partial charge in [-0.25, -0.2) is 9.97 Å². The number of H-pyrrole nitrogens is 2. The molecular weight excluding hydrogens is 322 g/mol. The molecule has 7 heteroatoms. The van der Waals surface area contributed by atoms with Crippen molar-refractivity contribution < 1.29 is 0 Å². The van der Waals surface area contributed by atoms with Gasteiger partial charge in [0.1, 0.15) is 16.9 Å². The Kier molecular flexibility index (Phi) is 3.31. The van der Waals surface area contributed by atoms with Crippen molar-refractivity contribution in [2.45, 2.75) is 13.3 Å². The molecule has 2 N–H and O–H groups in total. The van der Waals surface area contributed by atoms with Crippen molar-refractivity contribution in [1.29, 1.82) is 0 Å². The average molecular weight is 337 g/mol. The number of rotatable bonds is 2. The number of aromatic nitrogens is 5. The van der Waals surface area contributed by atoms with E-state index in [1.54, 1.807) is 0 Å². The Morgan fingerprint density at radius 1 is 1.21 bits per heavy atom. The summed E-state index contributed by atoms with van der Waals surface area (Å²) in [6.45, 7) is 1.81. The van der Waals surface area contributed by atoms with Crippen molar-refractivity contribution >= 4 is 34.2 Å². The monoisotopic (exact) mass is 337 g/mol. The summed E-state index contributed by atoms with van der Waals surface area (Å²) in [6, 6.07) is 8.23. The molecule has 4 rings (SSSR count). The summed E-state index contributed by atoms with van der Waals surface area (Å²) >= 11 is 5.03. The quantitative estimate of drug-likeness (QED) is 0.551. The number of aryl methyl sites for hydroxylation is 2. The molecule has 0 unspecified atom stereocenters. The average Bonchev–Trinajstić information content (AvgIpc) is 2.83. The van der Waals surface area contributed by atoms with Crippen LogP contribution in [0.25, 0.3) is 21.9 Å². The molecule has 0 amide bonds. The van der Waals surface area contributed by atoms with Crippen molar-refractivity contribution in [3.63, 3.8) is 0 Å². The largest absolute Gasteiger partial charge is 0.350 e. The van der Waals surface area contributed by atoms with Gasteiger partial charge in [0.05, 0.1) is 5.69 Å². The van der Waals surface area contributed by atoms with Crippen LogP contribution in [0.1, 0.15) is 17.1 Å². The number of hydrogen-bond donors (Lipinski definition) is 2. The molecule has 0 fully saturated rings. The molecule has 120 valence electrons. The first-order valence-corrected chi connectivity index (χ1v) is 7.96. The maximum Gasteiger partial charge on any atom is 0.263 e. The Hall–Kier alpha value is -2.80. The molecule has 3 heterocycles. The Labute approximate surface area is 142 Å². The van der Waals surface area contributed by atoms with Crippen LogP contribution < -0.4 is 5.56 Å². The molecular formula is C17H15N5OS. The van der Waals surface area contributed by atoms with Gasteiger partial charge in [0.15, 0.2) is 4.77 Å². The van der Waals surface area contributed by atoms with E-state index >= 15 is 0 Å². The Morgan fingerprint density at radius 2 is 2.00 bits per heavy atom. The van der Waals surface area contributed by atoms with Crippen molar-refractivity contribution in [3.05, 3.63) is 62.7 Å². The Bertz CT molecular complexity index is 1200. The van der Waals surface area contributed by atoms with E-state index in [1.165, 1.54) is 10.9 Å². The van der Waals surface area contributed by atoms with E-state index in [1.807, 2.05) is 26.1 Å². The molecule has 0 aliphatic carbocycles. The maximum absolute atomic E-state index is 12.0. The molecule has 0 saturated heterocycles. The Morgan fingerprint density at radius 3 is 2.83 bits per heavy atom. The molecule has 3 aromatic heterocycles. The molecule has 1 aromatic carbocycles. The van der Waals surface area contributed by atoms with Gasteiger partial charge in [-0.05, 0) is 30.8 Å². The van der Waals surface area contributed by atoms with Gasteiger partial charge in [-0.3, -0.25) is 9.78 Å². The third-order valence-electron chi connectivity index (χ3n) is 4.15. The van der Waals surface area contributed by atoms with Gasteiger partial charge in [0.2, 0.25) is 0 Å². The highest BCUT2D eigenvalue weighted by molar-refractivity contribution is 7.71. The van der Waals surface area contributed by atoms with Crippen LogP contribution in [-0.2, 0) is 13.5 Å². The van der Waals surface area contributed by atoms with Crippen molar-refractivity contribution in [3.8, 4) is 0 Å². The summed E-state index contributed by atoms with van der Waals surface area (Å²) in [6.07, 6.45) is 2.68. The molecule has 0 spiro atoms. The minimum Gasteiger partial charge on any atom is -0.350 e. The smallest absolute Gasteiger partial charge is 0.263 e. The minimum absolute atomic E-state index is 0.261. The predicted molar refractivity (Wildman–Crippen MR) is 95.8 cm³/mol. The lowest BCUT2D eigenvalue weighted by Crippen LogP contribution is -2.13. The van der Waals surface area contributed by atoms with E-state index < -0.39 is 0 Å². The van der Waals surface area contributed by atoms with E-state index in [2.05, 4.69) is 42.8 Å². The number of aromatic amines is 2. The molecule has 0 atom stereocenters. The second-order valence-electron chi connectivity index (χ2n) is 5.82. The minimum atomic E-state index is -0.261. The van der Waals surface area contributed by atoms with Crippen molar-refractivity contribution in [2.24, 2.45) is 7.05 Å². The molecule has 0 saturated carbocycles. The number of hydrogen-bond acceptors (Lipinski definition) is 4. The van der Waals surface area contributed by atoms with E-state index in [9.17, 15) is 4.79 Å². The number of fused-ring (bicyclic) bond motifs is 2. The Balaban J connectivity index is 1.88. The van der Waals surface area contributed by atoms with E-state index in [4.69, 9.17) is 12.2 Å². The van der Waals surface area contributed by atoms with Crippen LogP contribution in [-0.4, -0.2) is 24.5 Å². The van der Waals surface area contributed by atoms with Gasteiger partial charge in [-0.1, -0.05) is 18.2 Å². The van der Waals surface area contributed by atoms with Crippen LogP contribution in [0.2, 0.25) is 0 Å². The highest BCUT2D eigenvalue weighted by atomic mass is 32.1. The molecule has 0 bridgehead atoms. The summed E-state index contributed by atoms with van der Waals surface area (Å²) in [4.78, 5) is 26.6. The van der Waals surface area contributed by atoms with Crippen molar-refractivity contribution in [2.75, 3.05) is 0 Å². The second kappa shape index (κ2) is 5.38. The van der Waals surface area contributed by atoms with E-state index in [-0.39, 0.29) is 10.3 Å². The maximum atomic E-state index is 12.0. The van der Waals surface area contributed by atoms with Gasteiger partial charge < -0.3 is 9.55 Å². The molecule has 0 radical (unpaired) electrons. The third-order valence-corrected chi connectivity index (χ3v) is 4.35. The van der Waals surface area contributed by atoms with Crippen LogP contribution in [0.4, 0.5) is 0 Å². The number of nitrogens with zero attached hydrogens (tertiary/aromatic N) is 3. The molecule has 6 nitrogen and oxygen atoms in total. The summed E-state index contributed by atoms with van der Waals surface area (Å²) < 4.78 is 2.36. The first-order chi connectivity index (χ1) is 11.5. The highest BCUT2D eigenvalue weighted by Crippen LogP contribution is 2.22. The van der Waals surface area contributed by atoms with Crippen LogP contribution in [0.5, 0.6) is 0 Å². The van der Waals surface area contributed by atoms with Gasteiger partial charge in [0, 0.05) is 30.6 Å². The fourth-order valence-corrected chi connectivity index (χ4v) is 3.30. The fourth-order valence-electron chi connectivity index (χ4n) is 3.11. The lowest BCUT2D eigenvalue weighted by atomic mass is 10.1. The van der Waals surface area contributed by atoms with Crippen LogP contribution in [0.3, 0.4) is 0 Å². The van der Waals surface area contributed by atoms with Crippen molar-refractivity contribution in [1.82, 2.24) is 24.5 Å². The topological polar surface area (TPSA) is 79.4 Å². The van der Waals surface area contributed by atoms with E-state index in [0.717, 1.165) is 5.56 Å². The lowest BCUT2D eigenvalue weighted by Gasteiger charge is -2.04. The lowest BCUT2D eigenvalue weighted by molar-refractivity contribution is 0.927. The van der Waals surface area contributed by atoms with Crippen LogP contribution >= 0.6 is 12.2 Å². The first kappa shape index (κ1) is 14.8. The standard InChI is InChI=1S/C17H15N5OS/c1-9-14-15(20-17(24)21-16(14)23)19-13(18-9)7-10-8-22(2)12-6-4-3-5-11(10)12/h3-6,8H,7H2,1-2H3,(H2,18,19,20,21,23,24). The second-order valence-corrected chi connectivity index (χ2v) is 6.22. The van der Waals surface area contributed by atoms with Crippen LogP contribution in [0, 0.1) is 11.7 Å². The zero-order valence-electron chi connectivity index (χ0n) is 13.3. The van der Waals surface area contributed by atoms with Gasteiger partial charge in [0.25, 0.3) is 5.56 Å². The predicted octanol–water partition coefficient (Wildman–Crippen LogP) is 2.77. The number of benzene rings is 1.